The molecule has 0 radical (unpaired) electrons. The quantitative estimate of drug-likeness (QED) is 0.746. The number of benzene rings is 1. The molecule has 0 fully saturated rings. The second-order valence-corrected chi connectivity index (χ2v) is 9.66. The first-order chi connectivity index (χ1) is 10.9. The lowest BCUT2D eigenvalue weighted by Crippen LogP contribution is -2.35. The van der Waals surface area contributed by atoms with E-state index in [9.17, 15) is 8.42 Å². The highest BCUT2D eigenvalue weighted by Crippen LogP contribution is 2.33. The van der Waals surface area contributed by atoms with Gasteiger partial charge in [-0.1, -0.05) is 23.2 Å². The first kappa shape index (κ1) is 15.2. The number of thiophene rings is 1. The monoisotopic (exact) mass is 366 g/mol. The van der Waals surface area contributed by atoms with Crippen LogP contribution in [0.3, 0.4) is 0 Å². The van der Waals surface area contributed by atoms with Crippen LogP contribution < -0.4 is 0 Å². The van der Waals surface area contributed by atoms with Crippen LogP contribution in [0.15, 0.2) is 34.5 Å². The van der Waals surface area contributed by atoms with Crippen molar-refractivity contribution in [3.63, 3.8) is 0 Å². The molecule has 0 saturated carbocycles. The lowest BCUT2D eigenvalue weighted by molar-refractivity contribution is 0.392. The molecule has 0 saturated heterocycles. The fourth-order valence-electron chi connectivity index (χ4n) is 3.07. The van der Waals surface area contributed by atoms with E-state index in [1.807, 2.05) is 6.92 Å². The second kappa shape index (κ2) is 5.34. The molecule has 7 heteroatoms. The van der Waals surface area contributed by atoms with Crippen LogP contribution in [0, 0.1) is 6.92 Å². The molecule has 120 valence electrons. The van der Waals surface area contributed by atoms with Crippen LogP contribution in [0.1, 0.15) is 16.8 Å². The molecule has 0 amide bonds. The maximum Gasteiger partial charge on any atom is 0.252 e. The van der Waals surface area contributed by atoms with E-state index in [4.69, 9.17) is 11.6 Å². The van der Waals surface area contributed by atoms with E-state index in [1.54, 1.807) is 16.4 Å². The van der Waals surface area contributed by atoms with Crippen LogP contribution in [0.2, 0.25) is 4.34 Å². The Labute approximate surface area is 143 Å². The van der Waals surface area contributed by atoms with Crippen molar-refractivity contribution in [1.82, 2.24) is 9.29 Å². The van der Waals surface area contributed by atoms with E-state index in [0.29, 0.717) is 28.1 Å². The molecule has 0 atom stereocenters. The van der Waals surface area contributed by atoms with Gasteiger partial charge in [-0.2, -0.15) is 4.31 Å². The van der Waals surface area contributed by atoms with E-state index >= 15 is 0 Å². The summed E-state index contributed by atoms with van der Waals surface area (Å²) in [6, 6.07) is 9.44. The van der Waals surface area contributed by atoms with Crippen LogP contribution >= 0.6 is 22.9 Å². The first-order valence-corrected chi connectivity index (χ1v) is 9.94. The molecule has 0 aliphatic carbocycles. The fourth-order valence-corrected chi connectivity index (χ4v) is 6.12. The number of nitrogens with zero attached hydrogens (tertiary/aromatic N) is 1. The number of sulfonamides is 1. The molecule has 0 bridgehead atoms. The number of H-pyrrole nitrogens is 1. The van der Waals surface area contributed by atoms with Gasteiger partial charge in [0.2, 0.25) is 0 Å². The summed E-state index contributed by atoms with van der Waals surface area (Å²) in [5.41, 5.74) is 4.46. The van der Waals surface area contributed by atoms with E-state index in [-0.39, 0.29) is 0 Å². The summed E-state index contributed by atoms with van der Waals surface area (Å²) >= 11 is 7.00. The molecule has 0 unspecified atom stereocenters. The molecule has 1 aliphatic rings. The Bertz CT molecular complexity index is 1000. The van der Waals surface area contributed by atoms with Gasteiger partial charge in [-0.3, -0.25) is 0 Å². The summed E-state index contributed by atoms with van der Waals surface area (Å²) < 4.78 is 28.0. The molecule has 1 N–H and O–H groups in total. The number of nitrogens with one attached hydrogen (secondary N) is 1. The Hall–Kier alpha value is -1.34. The van der Waals surface area contributed by atoms with Crippen molar-refractivity contribution in [2.24, 2.45) is 0 Å². The SMILES string of the molecule is Cc1ccc2[nH]c3c(c2c1)CN(S(=O)(=O)c1ccc(Cl)s1)CC3. The van der Waals surface area contributed by atoms with Crippen LogP contribution in [-0.4, -0.2) is 24.3 Å². The summed E-state index contributed by atoms with van der Waals surface area (Å²) in [4.78, 5) is 3.42. The van der Waals surface area contributed by atoms with Gasteiger partial charge < -0.3 is 4.98 Å². The molecule has 4 nitrogen and oxygen atoms in total. The van der Waals surface area contributed by atoms with E-state index in [2.05, 4.69) is 23.2 Å². The Kier molecular flexibility index (Phi) is 3.53. The van der Waals surface area contributed by atoms with Crippen molar-refractivity contribution < 1.29 is 8.42 Å². The van der Waals surface area contributed by atoms with Crippen molar-refractivity contribution >= 4 is 43.9 Å². The maximum absolute atomic E-state index is 12.8. The zero-order chi connectivity index (χ0) is 16.2. The minimum Gasteiger partial charge on any atom is -0.358 e. The molecule has 2 aromatic heterocycles. The third kappa shape index (κ3) is 2.50. The molecule has 3 aromatic rings. The molecule has 1 aromatic carbocycles. The van der Waals surface area contributed by atoms with Gasteiger partial charge in [0.05, 0.1) is 4.34 Å². The summed E-state index contributed by atoms with van der Waals surface area (Å²) in [5, 5.41) is 1.11. The summed E-state index contributed by atoms with van der Waals surface area (Å²) in [5.74, 6) is 0. The molecule has 3 heterocycles. The van der Waals surface area contributed by atoms with Gasteiger partial charge in [-0.05, 0) is 36.8 Å². The standard InChI is InChI=1S/C16H15ClN2O2S2/c1-10-2-3-13-11(8-10)12-9-19(7-6-14(12)18-13)23(20,21)16-5-4-15(17)22-16/h2-5,8,18H,6-7,9H2,1H3. The summed E-state index contributed by atoms with van der Waals surface area (Å²) in [7, 11) is -3.49. The number of aromatic nitrogens is 1. The number of fused-ring (bicyclic) bond motifs is 3. The highest BCUT2D eigenvalue weighted by atomic mass is 35.5. The van der Waals surface area contributed by atoms with Crippen LogP contribution in [0.4, 0.5) is 0 Å². The zero-order valence-electron chi connectivity index (χ0n) is 12.5. The number of hydrogen-bond acceptors (Lipinski definition) is 3. The average molecular weight is 367 g/mol. The predicted molar refractivity (Wildman–Crippen MR) is 93.7 cm³/mol. The van der Waals surface area contributed by atoms with E-state index in [1.165, 1.54) is 5.56 Å². The van der Waals surface area contributed by atoms with Gasteiger partial charge in [0.25, 0.3) is 10.0 Å². The topological polar surface area (TPSA) is 53.2 Å². The Balaban J connectivity index is 1.76. The number of hydrogen-bond donors (Lipinski definition) is 1. The lowest BCUT2D eigenvalue weighted by Gasteiger charge is -2.25. The molecule has 4 rings (SSSR count). The smallest absolute Gasteiger partial charge is 0.252 e. The third-order valence-corrected chi connectivity index (χ3v) is 7.78. The van der Waals surface area contributed by atoms with Crippen molar-refractivity contribution in [2.75, 3.05) is 6.54 Å². The highest BCUT2D eigenvalue weighted by molar-refractivity contribution is 7.91. The number of rotatable bonds is 2. The van der Waals surface area contributed by atoms with Gasteiger partial charge in [-0.25, -0.2) is 8.42 Å². The second-order valence-electron chi connectivity index (χ2n) is 5.78. The summed E-state index contributed by atoms with van der Waals surface area (Å²) in [6.07, 6.45) is 0.696. The minimum atomic E-state index is -3.49. The highest BCUT2D eigenvalue weighted by Gasteiger charge is 2.31. The Morgan fingerprint density at radius 2 is 2.09 bits per heavy atom. The molecular weight excluding hydrogens is 352 g/mol. The normalized spacial score (nSPS) is 15.9. The minimum absolute atomic E-state index is 0.307. The number of halogens is 1. The lowest BCUT2D eigenvalue weighted by atomic mass is 10.0. The van der Waals surface area contributed by atoms with Gasteiger partial charge in [0, 0.05) is 36.1 Å². The van der Waals surface area contributed by atoms with E-state index < -0.39 is 10.0 Å². The van der Waals surface area contributed by atoms with Gasteiger partial charge in [0.1, 0.15) is 4.21 Å². The van der Waals surface area contributed by atoms with Crippen molar-refractivity contribution in [3.8, 4) is 0 Å². The molecule has 23 heavy (non-hydrogen) atoms. The van der Waals surface area contributed by atoms with Crippen molar-refractivity contribution in [1.29, 1.82) is 0 Å². The van der Waals surface area contributed by atoms with Crippen LogP contribution in [0.25, 0.3) is 10.9 Å². The predicted octanol–water partition coefficient (Wildman–Crippen LogP) is 3.94. The average Bonchev–Trinajstić information content (AvgIpc) is 3.10. The fraction of sp³-hybridized carbons (Fsp3) is 0.250. The van der Waals surface area contributed by atoms with Gasteiger partial charge in [-0.15, -0.1) is 11.3 Å². The van der Waals surface area contributed by atoms with E-state index in [0.717, 1.165) is 33.5 Å². The van der Waals surface area contributed by atoms with Crippen LogP contribution in [-0.2, 0) is 23.0 Å². The zero-order valence-corrected chi connectivity index (χ0v) is 14.9. The Morgan fingerprint density at radius 1 is 1.26 bits per heavy atom. The molecular formula is C16H15ClN2O2S2. The first-order valence-electron chi connectivity index (χ1n) is 7.31. The van der Waals surface area contributed by atoms with Crippen molar-refractivity contribution in [3.05, 3.63) is 51.5 Å². The third-order valence-electron chi connectivity index (χ3n) is 4.24. The maximum atomic E-state index is 12.8. The van der Waals surface area contributed by atoms with Gasteiger partial charge in [0.15, 0.2) is 0 Å². The number of aryl methyl sites for hydroxylation is 1. The summed E-state index contributed by atoms with van der Waals surface area (Å²) in [6.45, 7) is 2.93. The van der Waals surface area contributed by atoms with Gasteiger partial charge >= 0.3 is 0 Å². The van der Waals surface area contributed by atoms with Crippen molar-refractivity contribution in [2.45, 2.75) is 24.1 Å². The molecule has 0 spiro atoms. The molecule has 1 aliphatic heterocycles. The number of aromatic amines is 1. The largest absolute Gasteiger partial charge is 0.358 e. The Morgan fingerprint density at radius 3 is 2.83 bits per heavy atom. The van der Waals surface area contributed by atoms with Crippen LogP contribution in [0.5, 0.6) is 0 Å².